The van der Waals surface area contributed by atoms with Gasteiger partial charge in [0, 0.05) is 25.7 Å². The number of benzene rings is 1. The van der Waals surface area contributed by atoms with Gasteiger partial charge < -0.3 is 24.8 Å². The molecule has 1 aromatic carbocycles. The van der Waals surface area contributed by atoms with Crippen LogP contribution in [0.1, 0.15) is 19.4 Å². The summed E-state index contributed by atoms with van der Waals surface area (Å²) < 4.78 is 16.4. The Hall–Kier alpha value is -1.95. The van der Waals surface area contributed by atoms with Crippen molar-refractivity contribution in [2.45, 2.75) is 26.3 Å². The third-order valence-corrected chi connectivity index (χ3v) is 3.35. The molecule has 6 heteroatoms. The number of fused-ring (bicyclic) bond motifs is 1. The minimum absolute atomic E-state index is 0.00403. The molecule has 1 aromatic rings. The maximum absolute atomic E-state index is 11.8. The molecule has 1 aliphatic rings. The van der Waals surface area contributed by atoms with E-state index in [1.165, 1.54) is 0 Å². The number of amides is 1. The highest BCUT2D eigenvalue weighted by atomic mass is 16.7. The van der Waals surface area contributed by atoms with Gasteiger partial charge in [-0.25, -0.2) is 0 Å². The van der Waals surface area contributed by atoms with Gasteiger partial charge in [-0.15, -0.1) is 0 Å². The molecule has 1 aliphatic heterocycles. The van der Waals surface area contributed by atoms with Gasteiger partial charge >= 0.3 is 0 Å². The standard InChI is InChI=1S/C15H22N2O4/c1-4-17(3)15(18)8-19-12-7-14-13(20-9-21-14)6-11(12)5-10(2)16/h6-7,10H,4-5,8-9,16H2,1-3H3. The van der Waals surface area contributed by atoms with E-state index < -0.39 is 0 Å². The first-order chi connectivity index (χ1) is 10.0. The van der Waals surface area contributed by atoms with E-state index in [2.05, 4.69) is 0 Å². The van der Waals surface area contributed by atoms with E-state index in [0.717, 1.165) is 5.56 Å². The highest BCUT2D eigenvalue weighted by Gasteiger charge is 2.19. The lowest BCUT2D eigenvalue weighted by Gasteiger charge is -2.17. The van der Waals surface area contributed by atoms with Crippen LogP contribution in [0.25, 0.3) is 0 Å². The van der Waals surface area contributed by atoms with E-state index in [-0.39, 0.29) is 25.3 Å². The van der Waals surface area contributed by atoms with Crippen LogP contribution in [0.15, 0.2) is 12.1 Å². The van der Waals surface area contributed by atoms with Crippen molar-refractivity contribution in [2.75, 3.05) is 27.0 Å². The third-order valence-electron chi connectivity index (χ3n) is 3.35. The first-order valence-electron chi connectivity index (χ1n) is 7.06. The van der Waals surface area contributed by atoms with Crippen molar-refractivity contribution < 1.29 is 19.0 Å². The molecule has 0 fully saturated rings. The van der Waals surface area contributed by atoms with Crippen LogP contribution in [0.3, 0.4) is 0 Å². The monoisotopic (exact) mass is 294 g/mol. The molecular weight excluding hydrogens is 272 g/mol. The highest BCUT2D eigenvalue weighted by molar-refractivity contribution is 5.77. The maximum Gasteiger partial charge on any atom is 0.260 e. The summed E-state index contributed by atoms with van der Waals surface area (Å²) in [7, 11) is 1.74. The Morgan fingerprint density at radius 2 is 2.10 bits per heavy atom. The van der Waals surface area contributed by atoms with Crippen molar-refractivity contribution in [1.29, 1.82) is 0 Å². The van der Waals surface area contributed by atoms with Crippen molar-refractivity contribution in [1.82, 2.24) is 4.90 Å². The summed E-state index contributed by atoms with van der Waals surface area (Å²) in [6.45, 7) is 4.68. The number of nitrogens with two attached hydrogens (primary N) is 1. The van der Waals surface area contributed by atoms with Crippen LogP contribution in [-0.2, 0) is 11.2 Å². The summed E-state index contributed by atoms with van der Waals surface area (Å²) in [5, 5.41) is 0. The number of likely N-dealkylation sites (N-methyl/N-ethyl adjacent to an activating group) is 1. The summed E-state index contributed by atoms with van der Waals surface area (Å²) in [5.74, 6) is 1.88. The molecule has 1 amide bonds. The molecule has 0 aromatic heterocycles. The lowest BCUT2D eigenvalue weighted by atomic mass is 10.1. The summed E-state index contributed by atoms with van der Waals surface area (Å²) in [5.41, 5.74) is 6.78. The van der Waals surface area contributed by atoms with E-state index >= 15 is 0 Å². The first kappa shape index (κ1) is 15.4. The minimum Gasteiger partial charge on any atom is -0.483 e. The predicted octanol–water partition coefficient (Wildman–Crippen LogP) is 1.16. The molecule has 116 valence electrons. The van der Waals surface area contributed by atoms with E-state index in [1.807, 2.05) is 19.9 Å². The average molecular weight is 294 g/mol. The predicted molar refractivity (Wildman–Crippen MR) is 78.7 cm³/mol. The zero-order valence-corrected chi connectivity index (χ0v) is 12.7. The molecule has 2 rings (SSSR count). The normalized spacial score (nSPS) is 13.9. The van der Waals surface area contributed by atoms with E-state index in [0.29, 0.717) is 30.2 Å². The average Bonchev–Trinajstić information content (AvgIpc) is 2.89. The fraction of sp³-hybridized carbons (Fsp3) is 0.533. The molecule has 1 heterocycles. The lowest BCUT2D eigenvalue weighted by molar-refractivity contribution is -0.131. The van der Waals surface area contributed by atoms with Gasteiger partial charge in [-0.05, 0) is 31.9 Å². The Kier molecular flexibility index (Phi) is 4.90. The van der Waals surface area contributed by atoms with Gasteiger partial charge in [0.25, 0.3) is 5.91 Å². The second-order valence-corrected chi connectivity index (χ2v) is 5.19. The van der Waals surface area contributed by atoms with E-state index in [9.17, 15) is 4.79 Å². The third kappa shape index (κ3) is 3.78. The highest BCUT2D eigenvalue weighted by Crippen LogP contribution is 2.38. The molecule has 1 atom stereocenters. The number of ether oxygens (including phenoxy) is 3. The number of rotatable bonds is 6. The van der Waals surface area contributed by atoms with Crippen LogP contribution < -0.4 is 19.9 Å². The van der Waals surface area contributed by atoms with Gasteiger partial charge in [0.15, 0.2) is 18.1 Å². The SMILES string of the molecule is CCN(C)C(=O)COc1cc2c(cc1CC(C)N)OCO2. The van der Waals surface area contributed by atoms with Crippen molar-refractivity contribution in [3.8, 4) is 17.2 Å². The second kappa shape index (κ2) is 6.67. The zero-order chi connectivity index (χ0) is 15.4. The fourth-order valence-electron chi connectivity index (χ4n) is 2.03. The molecule has 6 nitrogen and oxygen atoms in total. The number of hydrogen-bond acceptors (Lipinski definition) is 5. The van der Waals surface area contributed by atoms with Crippen LogP contribution in [0.5, 0.6) is 17.2 Å². The lowest BCUT2D eigenvalue weighted by Crippen LogP contribution is -2.31. The first-order valence-corrected chi connectivity index (χ1v) is 7.06. The van der Waals surface area contributed by atoms with Crippen molar-refractivity contribution >= 4 is 5.91 Å². The topological polar surface area (TPSA) is 74.0 Å². The van der Waals surface area contributed by atoms with Crippen LogP contribution in [0.2, 0.25) is 0 Å². The van der Waals surface area contributed by atoms with Crippen molar-refractivity contribution in [3.05, 3.63) is 17.7 Å². The Balaban J connectivity index is 2.15. The summed E-state index contributed by atoms with van der Waals surface area (Å²) in [6, 6.07) is 3.62. The number of hydrogen-bond donors (Lipinski definition) is 1. The number of nitrogens with zero attached hydrogens (tertiary/aromatic N) is 1. The van der Waals surface area contributed by atoms with Gasteiger partial charge in [0.2, 0.25) is 6.79 Å². The van der Waals surface area contributed by atoms with E-state index in [1.54, 1.807) is 18.0 Å². The molecule has 21 heavy (non-hydrogen) atoms. The number of carbonyl (C=O) groups excluding carboxylic acids is 1. The molecule has 0 aliphatic carbocycles. The zero-order valence-electron chi connectivity index (χ0n) is 12.7. The van der Waals surface area contributed by atoms with Gasteiger partial charge in [-0.2, -0.15) is 0 Å². The summed E-state index contributed by atoms with van der Waals surface area (Å²) >= 11 is 0. The van der Waals surface area contributed by atoms with Gasteiger partial charge in [-0.3, -0.25) is 4.79 Å². The van der Waals surface area contributed by atoms with Crippen LogP contribution in [0, 0.1) is 0 Å². The molecule has 0 spiro atoms. The summed E-state index contributed by atoms with van der Waals surface area (Å²) in [4.78, 5) is 13.4. The van der Waals surface area contributed by atoms with E-state index in [4.69, 9.17) is 19.9 Å². The fourth-order valence-corrected chi connectivity index (χ4v) is 2.03. The van der Waals surface area contributed by atoms with Gasteiger partial charge in [-0.1, -0.05) is 0 Å². The van der Waals surface area contributed by atoms with Gasteiger partial charge in [0.1, 0.15) is 5.75 Å². The molecule has 0 bridgehead atoms. The molecule has 0 saturated carbocycles. The largest absolute Gasteiger partial charge is 0.483 e. The van der Waals surface area contributed by atoms with Crippen LogP contribution in [-0.4, -0.2) is 43.8 Å². The molecule has 0 saturated heterocycles. The molecule has 1 unspecified atom stereocenters. The number of carbonyl (C=O) groups is 1. The van der Waals surface area contributed by atoms with Crippen molar-refractivity contribution in [3.63, 3.8) is 0 Å². The molecular formula is C15H22N2O4. The van der Waals surface area contributed by atoms with Crippen LogP contribution >= 0.6 is 0 Å². The Morgan fingerprint density at radius 3 is 2.71 bits per heavy atom. The summed E-state index contributed by atoms with van der Waals surface area (Å²) in [6.07, 6.45) is 0.643. The van der Waals surface area contributed by atoms with Crippen LogP contribution in [0.4, 0.5) is 0 Å². The molecule has 0 radical (unpaired) electrons. The Labute approximate surface area is 124 Å². The maximum atomic E-state index is 11.8. The Morgan fingerprint density at radius 1 is 1.43 bits per heavy atom. The Bertz CT molecular complexity index is 517. The minimum atomic E-state index is -0.0677. The molecule has 2 N–H and O–H groups in total. The second-order valence-electron chi connectivity index (χ2n) is 5.19. The van der Waals surface area contributed by atoms with Crippen molar-refractivity contribution in [2.24, 2.45) is 5.73 Å². The smallest absolute Gasteiger partial charge is 0.260 e. The van der Waals surface area contributed by atoms with Gasteiger partial charge in [0.05, 0.1) is 0 Å². The quantitative estimate of drug-likeness (QED) is 0.852.